The van der Waals surface area contributed by atoms with Crippen molar-refractivity contribution in [1.82, 2.24) is 20.4 Å². The molecule has 4 rings (SSSR count). The molecule has 0 spiro atoms. The molecule has 14 heteroatoms. The molecule has 0 bridgehead atoms. The number of urea groups is 2. The number of amides is 4. The van der Waals surface area contributed by atoms with Crippen LogP contribution in [0.4, 0.5) is 24.1 Å². The molecule has 0 saturated carbocycles. The number of hydrogen-bond donors (Lipinski definition) is 2. The van der Waals surface area contributed by atoms with Gasteiger partial charge in [-0.15, -0.1) is 0 Å². The lowest BCUT2D eigenvalue weighted by Crippen LogP contribution is -2.56. The second kappa shape index (κ2) is 14.9. The lowest BCUT2D eigenvalue weighted by molar-refractivity contribution is -0.137. The Balaban J connectivity index is 1.43. The Hall–Kier alpha value is -4.56. The summed E-state index contributed by atoms with van der Waals surface area (Å²) in [5.74, 6) is -3.61. The fourth-order valence-electron chi connectivity index (χ4n) is 5.67. The van der Waals surface area contributed by atoms with Crippen LogP contribution in [-0.4, -0.2) is 101 Å². The SMILES string of the molecule is COCC1=C(C(=O)OC)C(c2ccc(F)c(F)c2)N(C(=O)NCCN(C)C2CCN(c3ccccc3C(=O)OC)CC2)C(=O)N1. The van der Waals surface area contributed by atoms with Crippen molar-refractivity contribution < 1.29 is 42.2 Å². The fourth-order valence-corrected chi connectivity index (χ4v) is 5.67. The van der Waals surface area contributed by atoms with Gasteiger partial charge >= 0.3 is 24.0 Å². The van der Waals surface area contributed by atoms with Crippen LogP contribution in [0.2, 0.25) is 0 Å². The molecule has 2 aromatic carbocycles. The standard InChI is InChI=1S/C31H37F2N5O7/c1-36(20-11-14-37(15-12-20)25-8-6-5-7-21(25)28(39)44-3)16-13-34-30(41)38-27(19-9-10-22(32)23(33)17-19)26(29(40)45-4)24(18-43-2)35-31(38)42/h5-10,17,20,27H,11-16,18H2,1-4H3,(H,34,41)(H,35,42). The number of nitrogens with one attached hydrogen (secondary N) is 2. The van der Waals surface area contributed by atoms with E-state index in [1.165, 1.54) is 20.3 Å². The smallest absolute Gasteiger partial charge is 0.339 e. The van der Waals surface area contributed by atoms with Gasteiger partial charge in [0, 0.05) is 39.3 Å². The van der Waals surface area contributed by atoms with Crippen molar-refractivity contribution in [2.75, 3.05) is 66.1 Å². The van der Waals surface area contributed by atoms with Crippen LogP contribution in [0.5, 0.6) is 0 Å². The van der Waals surface area contributed by atoms with Gasteiger partial charge in [0.1, 0.15) is 6.04 Å². The van der Waals surface area contributed by atoms with Crippen molar-refractivity contribution in [1.29, 1.82) is 0 Å². The number of ether oxygens (including phenoxy) is 3. The summed E-state index contributed by atoms with van der Waals surface area (Å²) in [5, 5.41) is 5.20. The van der Waals surface area contributed by atoms with E-state index in [2.05, 4.69) is 20.4 Å². The van der Waals surface area contributed by atoms with Gasteiger partial charge in [0.25, 0.3) is 0 Å². The highest BCUT2D eigenvalue weighted by molar-refractivity contribution is 6.01. The topological polar surface area (TPSA) is 130 Å². The maximum atomic E-state index is 14.3. The van der Waals surface area contributed by atoms with E-state index in [1.807, 2.05) is 19.2 Å². The Labute approximate surface area is 259 Å². The van der Waals surface area contributed by atoms with Crippen LogP contribution in [-0.2, 0) is 19.0 Å². The van der Waals surface area contributed by atoms with Crippen LogP contribution < -0.4 is 15.5 Å². The first-order chi connectivity index (χ1) is 21.6. The number of carbonyl (C=O) groups is 4. The minimum atomic E-state index is -1.42. The van der Waals surface area contributed by atoms with Gasteiger partial charge < -0.3 is 34.6 Å². The number of methoxy groups -OCH3 is 3. The minimum Gasteiger partial charge on any atom is -0.466 e. The number of likely N-dealkylation sites (N-methyl/N-ethyl adjacent to an activating group) is 1. The summed E-state index contributed by atoms with van der Waals surface area (Å²) in [6, 6.07) is 7.25. The molecule has 242 valence electrons. The maximum absolute atomic E-state index is 14.3. The number of piperidine rings is 1. The molecule has 4 amide bonds. The summed E-state index contributed by atoms with van der Waals surface area (Å²) in [6.45, 7) is 1.81. The van der Waals surface area contributed by atoms with Gasteiger partial charge in [0.05, 0.1) is 43.3 Å². The number of carbonyl (C=O) groups excluding carboxylic acids is 4. The van der Waals surface area contributed by atoms with Crippen molar-refractivity contribution in [3.8, 4) is 0 Å². The van der Waals surface area contributed by atoms with Crippen molar-refractivity contribution in [2.24, 2.45) is 0 Å². The molecule has 12 nitrogen and oxygen atoms in total. The van der Waals surface area contributed by atoms with Crippen LogP contribution in [0.1, 0.15) is 34.8 Å². The molecule has 45 heavy (non-hydrogen) atoms. The van der Waals surface area contributed by atoms with Gasteiger partial charge in [0.15, 0.2) is 11.6 Å². The minimum absolute atomic E-state index is 0.00875. The number of para-hydroxylation sites is 1. The lowest BCUT2D eigenvalue weighted by Gasteiger charge is -2.39. The molecule has 2 N–H and O–H groups in total. The maximum Gasteiger partial charge on any atom is 0.339 e. The summed E-state index contributed by atoms with van der Waals surface area (Å²) in [4.78, 5) is 56.7. The van der Waals surface area contributed by atoms with Gasteiger partial charge in [-0.3, -0.25) is 0 Å². The number of nitrogens with zero attached hydrogens (tertiary/aromatic N) is 3. The summed E-state index contributed by atoms with van der Waals surface area (Å²) >= 11 is 0. The molecule has 1 saturated heterocycles. The van der Waals surface area contributed by atoms with Crippen LogP contribution in [0.25, 0.3) is 0 Å². The molecule has 2 aromatic rings. The molecule has 0 aliphatic carbocycles. The van der Waals surface area contributed by atoms with Gasteiger partial charge in [-0.25, -0.2) is 32.9 Å². The number of rotatable bonds is 10. The molecule has 2 aliphatic rings. The van der Waals surface area contributed by atoms with Crippen molar-refractivity contribution in [3.63, 3.8) is 0 Å². The van der Waals surface area contributed by atoms with Crippen molar-refractivity contribution >= 4 is 29.7 Å². The number of halogens is 2. The van der Waals surface area contributed by atoms with Crippen molar-refractivity contribution in [3.05, 3.63) is 76.5 Å². The summed E-state index contributed by atoms with van der Waals surface area (Å²) in [6.07, 6.45) is 1.62. The van der Waals surface area contributed by atoms with E-state index in [0.717, 1.165) is 42.7 Å². The Morgan fingerprint density at radius 3 is 2.33 bits per heavy atom. The average molecular weight is 630 g/mol. The number of benzene rings is 2. The van der Waals surface area contributed by atoms with Crippen LogP contribution in [0.15, 0.2) is 53.7 Å². The highest BCUT2D eigenvalue weighted by Crippen LogP contribution is 2.35. The van der Waals surface area contributed by atoms with E-state index in [4.69, 9.17) is 14.2 Å². The number of anilines is 1. The highest BCUT2D eigenvalue weighted by Gasteiger charge is 2.43. The summed E-state index contributed by atoms with van der Waals surface area (Å²) in [5.41, 5.74) is 1.20. The van der Waals surface area contributed by atoms with Gasteiger partial charge in [-0.2, -0.15) is 0 Å². The second-order valence-electron chi connectivity index (χ2n) is 10.6. The molecule has 2 heterocycles. The van der Waals surface area contributed by atoms with Gasteiger partial charge in [0.2, 0.25) is 0 Å². The first-order valence-electron chi connectivity index (χ1n) is 14.4. The molecular formula is C31H37F2N5O7. The average Bonchev–Trinajstić information content (AvgIpc) is 3.05. The first-order valence-corrected chi connectivity index (χ1v) is 14.4. The lowest BCUT2D eigenvalue weighted by atomic mass is 9.93. The molecular weight excluding hydrogens is 592 g/mol. The van der Waals surface area contributed by atoms with E-state index in [0.29, 0.717) is 25.2 Å². The monoisotopic (exact) mass is 629 g/mol. The summed E-state index contributed by atoms with van der Waals surface area (Å²) < 4.78 is 43.0. The van der Waals surface area contributed by atoms with E-state index in [-0.39, 0.29) is 42.0 Å². The number of hydrogen-bond acceptors (Lipinski definition) is 9. The van der Waals surface area contributed by atoms with Gasteiger partial charge in [-0.1, -0.05) is 18.2 Å². The molecule has 0 aromatic heterocycles. The van der Waals surface area contributed by atoms with Gasteiger partial charge in [-0.05, 0) is 49.7 Å². The summed E-state index contributed by atoms with van der Waals surface area (Å²) in [7, 11) is 5.76. The quantitative estimate of drug-likeness (QED) is 0.381. The third-order valence-corrected chi connectivity index (χ3v) is 7.98. The molecule has 0 radical (unpaired) electrons. The Morgan fingerprint density at radius 1 is 1.00 bits per heavy atom. The Morgan fingerprint density at radius 2 is 1.69 bits per heavy atom. The third-order valence-electron chi connectivity index (χ3n) is 7.98. The Kier molecular flexibility index (Phi) is 11.1. The largest absolute Gasteiger partial charge is 0.466 e. The van der Waals surface area contributed by atoms with Crippen LogP contribution in [0, 0.1) is 11.6 Å². The zero-order chi connectivity index (χ0) is 32.7. The molecule has 2 aliphatic heterocycles. The zero-order valence-electron chi connectivity index (χ0n) is 25.6. The second-order valence-corrected chi connectivity index (χ2v) is 10.6. The highest BCUT2D eigenvalue weighted by atomic mass is 19.2. The van der Waals surface area contributed by atoms with Crippen molar-refractivity contribution in [2.45, 2.75) is 24.9 Å². The van der Waals surface area contributed by atoms with Crippen LogP contribution >= 0.6 is 0 Å². The molecule has 1 unspecified atom stereocenters. The first kappa shape index (κ1) is 33.3. The number of esters is 2. The van der Waals surface area contributed by atoms with E-state index < -0.39 is 35.7 Å². The number of imide groups is 1. The fraction of sp³-hybridized carbons (Fsp3) is 0.419. The normalized spacial score (nSPS) is 17.3. The molecule has 1 fully saturated rings. The van der Waals surface area contributed by atoms with Crippen LogP contribution in [0.3, 0.4) is 0 Å². The Bertz CT molecular complexity index is 1460. The van der Waals surface area contributed by atoms with E-state index >= 15 is 0 Å². The van der Waals surface area contributed by atoms with E-state index in [9.17, 15) is 28.0 Å². The third kappa shape index (κ3) is 7.40. The van der Waals surface area contributed by atoms with E-state index in [1.54, 1.807) is 12.1 Å². The predicted octanol–water partition coefficient (Wildman–Crippen LogP) is 3.20. The molecule has 1 atom stereocenters. The zero-order valence-corrected chi connectivity index (χ0v) is 25.6. The predicted molar refractivity (Wildman–Crippen MR) is 159 cm³/mol.